The second kappa shape index (κ2) is 8.37. The molecular formula is C20H22N4O3S. The van der Waals surface area contributed by atoms with Crippen LogP contribution in [0.2, 0.25) is 0 Å². The zero-order chi connectivity index (χ0) is 20.1. The van der Waals surface area contributed by atoms with E-state index in [1.165, 1.54) is 12.1 Å². The maximum atomic E-state index is 12.6. The van der Waals surface area contributed by atoms with E-state index in [1.54, 1.807) is 12.1 Å². The van der Waals surface area contributed by atoms with E-state index in [1.807, 2.05) is 62.3 Å². The summed E-state index contributed by atoms with van der Waals surface area (Å²) in [5.74, 6) is 2.38. The van der Waals surface area contributed by atoms with Gasteiger partial charge in [-0.3, -0.25) is 0 Å². The molecule has 0 aliphatic heterocycles. The van der Waals surface area contributed by atoms with Gasteiger partial charge in [0.15, 0.2) is 0 Å². The van der Waals surface area contributed by atoms with Gasteiger partial charge >= 0.3 is 0 Å². The highest BCUT2D eigenvalue weighted by molar-refractivity contribution is 7.89. The van der Waals surface area contributed by atoms with Gasteiger partial charge in [0.2, 0.25) is 10.0 Å². The Kier molecular flexibility index (Phi) is 5.91. The summed E-state index contributed by atoms with van der Waals surface area (Å²) in [7, 11) is 0.0465. The van der Waals surface area contributed by atoms with Crippen LogP contribution in [0.5, 0.6) is 11.5 Å². The predicted octanol–water partition coefficient (Wildman–Crippen LogP) is 3.12. The highest BCUT2D eigenvalue weighted by Gasteiger charge is 2.15. The largest absolute Gasteiger partial charge is 0.457 e. The van der Waals surface area contributed by atoms with Crippen molar-refractivity contribution in [3.8, 4) is 11.5 Å². The molecule has 0 saturated heterocycles. The summed E-state index contributed by atoms with van der Waals surface area (Å²) in [6.07, 6.45) is 0. The van der Waals surface area contributed by atoms with E-state index in [0.717, 1.165) is 11.5 Å². The quantitative estimate of drug-likeness (QED) is 0.658. The SMILES string of the molecule is Cc1cc(N(C)C)nc(CNS(=O)(=O)c2ccc(Oc3ccccc3)cc2)n1. The predicted molar refractivity (Wildman–Crippen MR) is 108 cm³/mol. The number of hydrogen-bond donors (Lipinski definition) is 1. The van der Waals surface area contributed by atoms with Crippen molar-refractivity contribution in [2.75, 3.05) is 19.0 Å². The lowest BCUT2D eigenvalue weighted by atomic mass is 10.3. The third kappa shape index (κ3) is 5.05. The second-order valence-corrected chi connectivity index (χ2v) is 8.16. The molecule has 3 rings (SSSR count). The lowest BCUT2D eigenvalue weighted by molar-refractivity contribution is 0.482. The second-order valence-electron chi connectivity index (χ2n) is 6.39. The summed E-state index contributed by atoms with van der Waals surface area (Å²) in [6.45, 7) is 1.85. The summed E-state index contributed by atoms with van der Waals surface area (Å²) in [4.78, 5) is 10.6. The molecule has 0 atom stereocenters. The summed E-state index contributed by atoms with van der Waals surface area (Å²) >= 11 is 0. The van der Waals surface area contributed by atoms with Crippen molar-refractivity contribution in [3.05, 3.63) is 72.2 Å². The van der Waals surface area contributed by atoms with E-state index in [9.17, 15) is 8.42 Å². The van der Waals surface area contributed by atoms with Crippen LogP contribution in [0.3, 0.4) is 0 Å². The summed E-state index contributed by atoms with van der Waals surface area (Å²) in [6, 6.07) is 17.4. The Labute approximate surface area is 165 Å². The number of aromatic nitrogens is 2. The van der Waals surface area contributed by atoms with Gasteiger partial charge in [-0.15, -0.1) is 0 Å². The third-order valence-corrected chi connectivity index (χ3v) is 5.30. The molecule has 1 heterocycles. The van der Waals surface area contributed by atoms with E-state index >= 15 is 0 Å². The normalized spacial score (nSPS) is 11.2. The molecule has 0 saturated carbocycles. The molecule has 0 fully saturated rings. The first kappa shape index (κ1) is 19.8. The lowest BCUT2D eigenvalue weighted by Gasteiger charge is -2.13. The topological polar surface area (TPSA) is 84.4 Å². The number of nitrogens with zero attached hydrogens (tertiary/aromatic N) is 3. The fraction of sp³-hybridized carbons (Fsp3) is 0.200. The minimum Gasteiger partial charge on any atom is -0.457 e. The van der Waals surface area contributed by atoms with Gasteiger partial charge in [-0.25, -0.2) is 23.1 Å². The first-order valence-electron chi connectivity index (χ1n) is 8.68. The first-order chi connectivity index (χ1) is 13.3. The molecule has 146 valence electrons. The van der Waals surface area contributed by atoms with Gasteiger partial charge < -0.3 is 9.64 Å². The van der Waals surface area contributed by atoms with Crippen molar-refractivity contribution in [2.24, 2.45) is 0 Å². The molecule has 2 aromatic carbocycles. The van der Waals surface area contributed by atoms with E-state index in [2.05, 4.69) is 14.7 Å². The van der Waals surface area contributed by atoms with Crippen molar-refractivity contribution < 1.29 is 13.2 Å². The first-order valence-corrected chi connectivity index (χ1v) is 10.2. The van der Waals surface area contributed by atoms with E-state index < -0.39 is 10.0 Å². The number of aryl methyl sites for hydroxylation is 1. The van der Waals surface area contributed by atoms with E-state index in [0.29, 0.717) is 17.3 Å². The number of sulfonamides is 1. The molecule has 7 nitrogen and oxygen atoms in total. The zero-order valence-corrected chi connectivity index (χ0v) is 16.8. The molecule has 0 spiro atoms. The highest BCUT2D eigenvalue weighted by atomic mass is 32.2. The third-order valence-electron chi connectivity index (χ3n) is 3.88. The van der Waals surface area contributed by atoms with Crippen molar-refractivity contribution in [1.29, 1.82) is 0 Å². The Morgan fingerprint density at radius 3 is 2.25 bits per heavy atom. The number of nitrogens with one attached hydrogen (secondary N) is 1. The van der Waals surface area contributed by atoms with Crippen LogP contribution in [0.4, 0.5) is 5.82 Å². The maximum Gasteiger partial charge on any atom is 0.240 e. The van der Waals surface area contributed by atoms with Crippen LogP contribution in [-0.4, -0.2) is 32.5 Å². The Bertz CT molecular complexity index is 1040. The number of anilines is 1. The van der Waals surface area contributed by atoms with Crippen molar-refractivity contribution in [2.45, 2.75) is 18.4 Å². The fourth-order valence-electron chi connectivity index (χ4n) is 2.47. The highest BCUT2D eigenvalue weighted by Crippen LogP contribution is 2.22. The maximum absolute atomic E-state index is 12.6. The van der Waals surface area contributed by atoms with Gasteiger partial charge in [0, 0.05) is 25.9 Å². The van der Waals surface area contributed by atoms with Gasteiger partial charge in [-0.05, 0) is 43.3 Å². The van der Waals surface area contributed by atoms with Gasteiger partial charge in [0.05, 0.1) is 11.4 Å². The minimum absolute atomic E-state index is 0.00706. The van der Waals surface area contributed by atoms with Gasteiger partial charge in [-0.2, -0.15) is 0 Å². The summed E-state index contributed by atoms with van der Waals surface area (Å²) in [5, 5.41) is 0. The smallest absolute Gasteiger partial charge is 0.240 e. The molecule has 28 heavy (non-hydrogen) atoms. The number of para-hydroxylation sites is 1. The van der Waals surface area contributed by atoms with Crippen LogP contribution in [0, 0.1) is 6.92 Å². The Balaban J connectivity index is 1.69. The average Bonchev–Trinajstić information content (AvgIpc) is 2.67. The zero-order valence-electron chi connectivity index (χ0n) is 16.0. The molecule has 0 unspecified atom stereocenters. The summed E-state index contributed by atoms with van der Waals surface area (Å²) in [5.41, 5.74) is 0.773. The van der Waals surface area contributed by atoms with Crippen LogP contribution < -0.4 is 14.4 Å². The Morgan fingerprint density at radius 1 is 0.964 bits per heavy atom. The molecule has 0 aliphatic carbocycles. The van der Waals surface area contributed by atoms with Crippen LogP contribution in [0.15, 0.2) is 65.6 Å². The van der Waals surface area contributed by atoms with Crippen LogP contribution in [0.25, 0.3) is 0 Å². The van der Waals surface area contributed by atoms with Crippen LogP contribution >= 0.6 is 0 Å². The van der Waals surface area contributed by atoms with Crippen molar-refractivity contribution in [1.82, 2.24) is 14.7 Å². The Hall–Kier alpha value is -2.97. The van der Waals surface area contributed by atoms with Crippen LogP contribution in [0.1, 0.15) is 11.5 Å². The molecule has 1 aromatic heterocycles. The van der Waals surface area contributed by atoms with Gasteiger partial charge in [0.1, 0.15) is 23.1 Å². The molecular weight excluding hydrogens is 376 g/mol. The van der Waals surface area contributed by atoms with Crippen molar-refractivity contribution >= 4 is 15.8 Å². The van der Waals surface area contributed by atoms with E-state index in [-0.39, 0.29) is 11.4 Å². The Morgan fingerprint density at radius 2 is 1.61 bits per heavy atom. The standard InChI is InChI=1S/C20H22N4O3S/c1-15-13-20(24(2)3)23-19(22-15)14-21-28(25,26)18-11-9-17(10-12-18)27-16-7-5-4-6-8-16/h4-13,21H,14H2,1-3H3. The molecule has 8 heteroatoms. The fourth-order valence-corrected chi connectivity index (χ4v) is 3.45. The monoisotopic (exact) mass is 398 g/mol. The minimum atomic E-state index is -3.69. The van der Waals surface area contributed by atoms with Gasteiger partial charge in [0.25, 0.3) is 0 Å². The molecule has 1 N–H and O–H groups in total. The number of rotatable bonds is 7. The average molecular weight is 398 g/mol. The summed E-state index contributed by atoms with van der Waals surface area (Å²) < 4.78 is 33.3. The lowest BCUT2D eigenvalue weighted by Crippen LogP contribution is -2.25. The molecule has 0 amide bonds. The molecule has 0 bridgehead atoms. The number of ether oxygens (including phenoxy) is 1. The number of hydrogen-bond acceptors (Lipinski definition) is 6. The number of benzene rings is 2. The van der Waals surface area contributed by atoms with Crippen LogP contribution in [-0.2, 0) is 16.6 Å². The molecule has 0 aliphatic rings. The molecule has 3 aromatic rings. The van der Waals surface area contributed by atoms with Crippen molar-refractivity contribution in [3.63, 3.8) is 0 Å². The van der Waals surface area contributed by atoms with Gasteiger partial charge in [-0.1, -0.05) is 18.2 Å². The molecule has 0 radical (unpaired) electrons. The van der Waals surface area contributed by atoms with E-state index in [4.69, 9.17) is 4.74 Å².